The minimum absolute atomic E-state index is 0.0579. The van der Waals surface area contributed by atoms with Crippen LogP contribution in [0.2, 0.25) is 0 Å². The SMILES string of the molecule is CNC(=O)C(C)NCc1cc(OC)c(OC)c(OC)c1. The Balaban J connectivity index is 2.88. The van der Waals surface area contributed by atoms with E-state index in [0.29, 0.717) is 23.8 Å². The van der Waals surface area contributed by atoms with Crippen LogP contribution < -0.4 is 24.8 Å². The highest BCUT2D eigenvalue weighted by molar-refractivity contribution is 5.80. The molecule has 20 heavy (non-hydrogen) atoms. The van der Waals surface area contributed by atoms with Gasteiger partial charge < -0.3 is 24.8 Å². The minimum atomic E-state index is -0.279. The molecule has 0 saturated carbocycles. The fourth-order valence-corrected chi connectivity index (χ4v) is 1.82. The summed E-state index contributed by atoms with van der Waals surface area (Å²) in [6, 6.07) is 3.43. The van der Waals surface area contributed by atoms with E-state index in [1.807, 2.05) is 12.1 Å². The van der Waals surface area contributed by atoms with Crippen molar-refractivity contribution in [2.24, 2.45) is 0 Å². The Morgan fingerprint density at radius 1 is 1.15 bits per heavy atom. The molecule has 0 saturated heterocycles. The van der Waals surface area contributed by atoms with Crippen LogP contribution in [0.5, 0.6) is 17.2 Å². The first-order valence-electron chi connectivity index (χ1n) is 6.31. The smallest absolute Gasteiger partial charge is 0.236 e. The number of hydrogen-bond donors (Lipinski definition) is 2. The Bertz CT molecular complexity index is 437. The zero-order valence-electron chi connectivity index (χ0n) is 12.6. The lowest BCUT2D eigenvalue weighted by Crippen LogP contribution is -2.40. The van der Waals surface area contributed by atoms with Crippen LogP contribution in [0, 0.1) is 0 Å². The maximum absolute atomic E-state index is 11.4. The standard InChI is InChI=1S/C14H22N2O4/c1-9(14(17)15-2)16-8-10-6-11(18-3)13(20-5)12(7-10)19-4/h6-7,9,16H,8H2,1-5H3,(H,15,17). The van der Waals surface area contributed by atoms with Gasteiger partial charge in [-0.15, -0.1) is 0 Å². The predicted molar refractivity (Wildman–Crippen MR) is 76.5 cm³/mol. The molecule has 0 fully saturated rings. The maximum Gasteiger partial charge on any atom is 0.236 e. The molecule has 1 rings (SSSR count). The summed E-state index contributed by atoms with van der Waals surface area (Å²) in [6.07, 6.45) is 0. The zero-order chi connectivity index (χ0) is 15.1. The van der Waals surface area contributed by atoms with Crippen molar-refractivity contribution in [2.45, 2.75) is 19.5 Å². The molecule has 1 aromatic rings. The monoisotopic (exact) mass is 282 g/mol. The molecule has 1 unspecified atom stereocenters. The number of likely N-dealkylation sites (N-methyl/N-ethyl adjacent to an activating group) is 1. The summed E-state index contributed by atoms with van der Waals surface area (Å²) >= 11 is 0. The van der Waals surface area contributed by atoms with Crippen molar-refractivity contribution in [2.75, 3.05) is 28.4 Å². The van der Waals surface area contributed by atoms with Crippen molar-refractivity contribution in [3.05, 3.63) is 17.7 Å². The minimum Gasteiger partial charge on any atom is -0.493 e. The third-order valence-corrected chi connectivity index (χ3v) is 2.98. The molecular formula is C14H22N2O4. The topological polar surface area (TPSA) is 68.8 Å². The normalized spacial score (nSPS) is 11.7. The number of ether oxygens (including phenoxy) is 3. The molecule has 0 aliphatic heterocycles. The van der Waals surface area contributed by atoms with Crippen molar-refractivity contribution in [1.82, 2.24) is 10.6 Å². The second kappa shape index (κ2) is 7.59. The first-order valence-corrected chi connectivity index (χ1v) is 6.31. The molecule has 0 spiro atoms. The second-order valence-electron chi connectivity index (χ2n) is 4.25. The Morgan fingerprint density at radius 2 is 1.70 bits per heavy atom. The summed E-state index contributed by atoms with van der Waals surface area (Å²) < 4.78 is 15.8. The van der Waals surface area contributed by atoms with E-state index in [1.165, 1.54) is 0 Å². The largest absolute Gasteiger partial charge is 0.493 e. The number of amides is 1. The number of nitrogens with one attached hydrogen (secondary N) is 2. The molecule has 0 aliphatic rings. The lowest BCUT2D eigenvalue weighted by Gasteiger charge is -2.16. The zero-order valence-corrected chi connectivity index (χ0v) is 12.6. The van der Waals surface area contributed by atoms with Crippen LogP contribution in [-0.4, -0.2) is 40.3 Å². The second-order valence-corrected chi connectivity index (χ2v) is 4.25. The number of methoxy groups -OCH3 is 3. The van der Waals surface area contributed by atoms with Gasteiger partial charge in [-0.05, 0) is 24.6 Å². The first kappa shape index (κ1) is 16.1. The number of hydrogen-bond acceptors (Lipinski definition) is 5. The molecule has 0 radical (unpaired) electrons. The van der Waals surface area contributed by atoms with Crippen molar-refractivity contribution in [3.8, 4) is 17.2 Å². The van der Waals surface area contributed by atoms with Gasteiger partial charge in [0, 0.05) is 13.6 Å². The summed E-state index contributed by atoms with van der Waals surface area (Å²) in [5.41, 5.74) is 0.940. The van der Waals surface area contributed by atoms with Gasteiger partial charge in [0.1, 0.15) is 0 Å². The van der Waals surface area contributed by atoms with Crippen LogP contribution in [-0.2, 0) is 11.3 Å². The Morgan fingerprint density at radius 3 is 2.10 bits per heavy atom. The summed E-state index contributed by atoms with van der Waals surface area (Å²) in [4.78, 5) is 11.4. The van der Waals surface area contributed by atoms with Gasteiger partial charge in [0.25, 0.3) is 0 Å². The van der Waals surface area contributed by atoms with Crippen LogP contribution in [0.1, 0.15) is 12.5 Å². The van der Waals surface area contributed by atoms with Crippen LogP contribution in [0.4, 0.5) is 0 Å². The maximum atomic E-state index is 11.4. The lowest BCUT2D eigenvalue weighted by atomic mass is 10.1. The van der Waals surface area contributed by atoms with Gasteiger partial charge >= 0.3 is 0 Å². The Hall–Kier alpha value is -1.95. The van der Waals surface area contributed by atoms with Crippen molar-refractivity contribution in [1.29, 1.82) is 0 Å². The first-order chi connectivity index (χ1) is 9.57. The van der Waals surface area contributed by atoms with E-state index < -0.39 is 0 Å². The molecular weight excluding hydrogens is 260 g/mol. The number of carbonyl (C=O) groups is 1. The van der Waals surface area contributed by atoms with Gasteiger partial charge in [-0.3, -0.25) is 4.79 Å². The molecule has 0 heterocycles. The highest BCUT2D eigenvalue weighted by Gasteiger charge is 2.14. The van der Waals surface area contributed by atoms with Crippen molar-refractivity contribution < 1.29 is 19.0 Å². The van der Waals surface area contributed by atoms with Gasteiger partial charge in [0.05, 0.1) is 27.4 Å². The van der Waals surface area contributed by atoms with E-state index in [9.17, 15) is 4.79 Å². The number of carbonyl (C=O) groups excluding carboxylic acids is 1. The van der Waals surface area contributed by atoms with E-state index in [-0.39, 0.29) is 11.9 Å². The van der Waals surface area contributed by atoms with E-state index in [0.717, 1.165) is 5.56 Å². The molecule has 1 amide bonds. The fourth-order valence-electron chi connectivity index (χ4n) is 1.82. The van der Waals surface area contributed by atoms with Crippen LogP contribution >= 0.6 is 0 Å². The average Bonchev–Trinajstić information content (AvgIpc) is 2.50. The highest BCUT2D eigenvalue weighted by atomic mass is 16.5. The van der Waals surface area contributed by atoms with Gasteiger partial charge in [-0.1, -0.05) is 0 Å². The van der Waals surface area contributed by atoms with E-state index in [1.54, 1.807) is 35.3 Å². The van der Waals surface area contributed by atoms with Crippen LogP contribution in [0.25, 0.3) is 0 Å². The van der Waals surface area contributed by atoms with E-state index in [4.69, 9.17) is 14.2 Å². The van der Waals surface area contributed by atoms with Gasteiger partial charge in [-0.25, -0.2) is 0 Å². The average molecular weight is 282 g/mol. The molecule has 1 atom stereocenters. The van der Waals surface area contributed by atoms with Crippen LogP contribution in [0.15, 0.2) is 12.1 Å². The highest BCUT2D eigenvalue weighted by Crippen LogP contribution is 2.38. The third-order valence-electron chi connectivity index (χ3n) is 2.98. The van der Waals surface area contributed by atoms with Gasteiger partial charge in [-0.2, -0.15) is 0 Å². The molecule has 1 aromatic carbocycles. The summed E-state index contributed by atoms with van der Waals surface area (Å²) in [6.45, 7) is 2.32. The number of rotatable bonds is 7. The number of benzene rings is 1. The Kier molecular flexibility index (Phi) is 6.11. The van der Waals surface area contributed by atoms with Gasteiger partial charge in [0.2, 0.25) is 11.7 Å². The molecule has 0 aromatic heterocycles. The van der Waals surface area contributed by atoms with Crippen molar-refractivity contribution in [3.63, 3.8) is 0 Å². The van der Waals surface area contributed by atoms with E-state index in [2.05, 4.69) is 10.6 Å². The molecule has 2 N–H and O–H groups in total. The molecule has 0 bridgehead atoms. The van der Waals surface area contributed by atoms with Crippen LogP contribution in [0.3, 0.4) is 0 Å². The fraction of sp³-hybridized carbons (Fsp3) is 0.500. The molecule has 112 valence electrons. The summed E-state index contributed by atoms with van der Waals surface area (Å²) in [5.74, 6) is 1.68. The van der Waals surface area contributed by atoms with Crippen molar-refractivity contribution >= 4 is 5.91 Å². The molecule has 6 nitrogen and oxygen atoms in total. The lowest BCUT2D eigenvalue weighted by molar-refractivity contribution is -0.122. The summed E-state index contributed by atoms with van der Waals surface area (Å²) in [5, 5.41) is 5.72. The molecule has 6 heteroatoms. The quantitative estimate of drug-likeness (QED) is 0.779. The Labute approximate surface area is 119 Å². The predicted octanol–water partition coefficient (Wildman–Crippen LogP) is 0.936. The van der Waals surface area contributed by atoms with E-state index >= 15 is 0 Å². The molecule has 0 aliphatic carbocycles. The third kappa shape index (κ3) is 3.77. The van der Waals surface area contributed by atoms with Gasteiger partial charge in [0.15, 0.2) is 11.5 Å². The summed E-state index contributed by atoms with van der Waals surface area (Å²) in [7, 11) is 6.31.